The van der Waals surface area contributed by atoms with E-state index < -0.39 is 11.9 Å². The van der Waals surface area contributed by atoms with E-state index in [2.05, 4.69) is 27.0 Å². The van der Waals surface area contributed by atoms with E-state index >= 15 is 0 Å². The fraction of sp³-hybridized carbons (Fsp3) is 0.148. The van der Waals surface area contributed by atoms with Crippen LogP contribution in [0.2, 0.25) is 0 Å². The van der Waals surface area contributed by atoms with Gasteiger partial charge in [0.2, 0.25) is 0 Å². The van der Waals surface area contributed by atoms with E-state index in [1.54, 1.807) is 30.6 Å². The van der Waals surface area contributed by atoms with Crippen LogP contribution in [0.3, 0.4) is 0 Å². The number of halogens is 2. The Balaban J connectivity index is 1.50. The number of aliphatic hydroxyl groups is 1. The van der Waals surface area contributed by atoms with Gasteiger partial charge in [0.1, 0.15) is 5.82 Å². The van der Waals surface area contributed by atoms with Gasteiger partial charge < -0.3 is 9.67 Å². The predicted octanol–water partition coefficient (Wildman–Crippen LogP) is 5.05. The number of aliphatic imine (C=N–C) groups is 1. The van der Waals surface area contributed by atoms with Crippen molar-refractivity contribution in [1.82, 2.24) is 9.55 Å². The van der Waals surface area contributed by atoms with E-state index in [9.17, 15) is 14.3 Å². The third kappa shape index (κ3) is 4.13. The van der Waals surface area contributed by atoms with Gasteiger partial charge in [0.15, 0.2) is 0 Å². The van der Waals surface area contributed by atoms with E-state index in [0.717, 1.165) is 39.2 Å². The van der Waals surface area contributed by atoms with Crippen molar-refractivity contribution in [1.29, 1.82) is 0 Å². The number of fused-ring (bicyclic) bond motifs is 1. The molecule has 0 saturated heterocycles. The molecule has 7 heteroatoms. The molecule has 0 bridgehead atoms. The summed E-state index contributed by atoms with van der Waals surface area (Å²) in [7, 11) is 0. The Kier molecular flexibility index (Phi) is 5.98. The molecule has 1 N–H and O–H groups in total. The quantitative estimate of drug-likeness (QED) is 0.402. The molecule has 0 radical (unpaired) electrons. The van der Waals surface area contributed by atoms with Crippen molar-refractivity contribution in [2.45, 2.75) is 19.5 Å². The topological polar surface area (TPSA) is 67.5 Å². The van der Waals surface area contributed by atoms with E-state index in [1.807, 2.05) is 37.3 Å². The van der Waals surface area contributed by atoms with Crippen LogP contribution in [0.5, 0.6) is 0 Å². The molecule has 0 amide bonds. The van der Waals surface area contributed by atoms with Crippen LogP contribution in [0.4, 0.5) is 4.39 Å². The Labute approximate surface area is 204 Å². The number of hydrogen-bond acceptors (Lipinski definition) is 4. The maximum Gasteiger partial charge on any atom is 0.251 e. The highest BCUT2D eigenvalue weighted by molar-refractivity contribution is 9.10. The molecule has 1 aliphatic heterocycles. The van der Waals surface area contributed by atoms with Gasteiger partial charge >= 0.3 is 0 Å². The summed E-state index contributed by atoms with van der Waals surface area (Å²) in [5, 5.41) is 9.98. The number of aromatic nitrogens is 2. The fourth-order valence-electron chi connectivity index (χ4n) is 4.30. The molecule has 1 aliphatic rings. The van der Waals surface area contributed by atoms with E-state index in [4.69, 9.17) is 4.99 Å². The van der Waals surface area contributed by atoms with Crippen molar-refractivity contribution in [3.8, 4) is 11.1 Å². The maximum atomic E-state index is 13.6. The van der Waals surface area contributed by atoms with Crippen LogP contribution >= 0.6 is 15.9 Å². The smallest absolute Gasteiger partial charge is 0.251 e. The number of benzene rings is 2. The van der Waals surface area contributed by atoms with E-state index in [0.29, 0.717) is 12.1 Å². The zero-order valence-corrected chi connectivity index (χ0v) is 20.0. The van der Waals surface area contributed by atoms with Gasteiger partial charge in [-0.1, -0.05) is 18.2 Å². The Hall–Kier alpha value is -3.42. The van der Waals surface area contributed by atoms with E-state index in [1.165, 1.54) is 10.6 Å². The highest BCUT2D eigenvalue weighted by atomic mass is 79.9. The summed E-state index contributed by atoms with van der Waals surface area (Å²) in [5.74, 6) is -0.399. The second-order valence-corrected chi connectivity index (χ2v) is 9.11. The number of hydrogen-bond donors (Lipinski definition) is 1. The van der Waals surface area contributed by atoms with Crippen LogP contribution in [0.25, 0.3) is 11.1 Å². The molecule has 5 rings (SSSR count). The van der Waals surface area contributed by atoms with Crippen LogP contribution in [0.1, 0.15) is 34.0 Å². The van der Waals surface area contributed by atoms with Crippen molar-refractivity contribution >= 4 is 21.6 Å². The van der Waals surface area contributed by atoms with Gasteiger partial charge in [-0.05, 0) is 81.5 Å². The highest BCUT2D eigenvalue weighted by Gasteiger charge is 2.20. The minimum atomic E-state index is -0.618. The molecule has 5 nitrogen and oxygen atoms in total. The molecule has 0 aliphatic carbocycles. The molecule has 34 heavy (non-hydrogen) atoms. The number of aliphatic hydroxyl groups excluding tert-OH is 1. The third-order valence-electron chi connectivity index (χ3n) is 6.06. The molecule has 2 aromatic carbocycles. The first-order valence-electron chi connectivity index (χ1n) is 10.8. The van der Waals surface area contributed by atoms with Crippen LogP contribution in [-0.4, -0.2) is 27.0 Å². The lowest BCUT2D eigenvalue weighted by Crippen LogP contribution is -2.26. The van der Waals surface area contributed by atoms with Gasteiger partial charge in [-0.3, -0.25) is 14.8 Å². The molecule has 0 unspecified atom stereocenters. The summed E-state index contributed by atoms with van der Waals surface area (Å²) in [5.41, 5.74) is 7.15. The third-order valence-corrected chi connectivity index (χ3v) is 6.67. The zero-order valence-electron chi connectivity index (χ0n) is 18.4. The minimum absolute atomic E-state index is 0.254. The van der Waals surface area contributed by atoms with Crippen LogP contribution in [0, 0.1) is 12.7 Å². The Morgan fingerprint density at radius 1 is 1.06 bits per heavy atom. The second-order valence-electron chi connectivity index (χ2n) is 8.26. The average Bonchev–Trinajstić information content (AvgIpc) is 3.26. The lowest BCUT2D eigenvalue weighted by molar-refractivity contribution is 0.247. The highest BCUT2D eigenvalue weighted by Crippen LogP contribution is 2.29. The van der Waals surface area contributed by atoms with Gasteiger partial charge in [-0.15, -0.1) is 0 Å². The number of pyridine rings is 2. The Morgan fingerprint density at radius 3 is 2.62 bits per heavy atom. The fourth-order valence-corrected chi connectivity index (χ4v) is 4.70. The van der Waals surface area contributed by atoms with Crippen LogP contribution < -0.4 is 5.56 Å². The van der Waals surface area contributed by atoms with Gasteiger partial charge in [0.25, 0.3) is 5.56 Å². The van der Waals surface area contributed by atoms with Crippen molar-refractivity contribution in [2.24, 2.45) is 4.99 Å². The minimum Gasteiger partial charge on any atom is -0.394 e. The van der Waals surface area contributed by atoms with Crippen molar-refractivity contribution < 1.29 is 9.50 Å². The first-order chi connectivity index (χ1) is 16.4. The molecular formula is C27H21BrFN3O2. The summed E-state index contributed by atoms with van der Waals surface area (Å²) in [6.07, 6.45) is 3.45. The maximum absolute atomic E-state index is 13.6. The molecule has 170 valence electrons. The normalized spacial score (nSPS) is 13.5. The summed E-state index contributed by atoms with van der Waals surface area (Å²) in [6.45, 7) is 2.29. The first-order valence-corrected chi connectivity index (χ1v) is 11.6. The molecule has 1 atom stereocenters. The van der Waals surface area contributed by atoms with Crippen molar-refractivity contribution in [3.63, 3.8) is 0 Å². The standard InChI is InChI=1S/C27H21BrFN3O2/c1-16-10-20(6-8-30-16)27-22-11-17(2-3-21(22)14-31-27)18-7-9-32(26(34)13-18)25(15-33)19-4-5-24(29)23(28)12-19/h2-13,25,33H,14-15H2,1H3/t25-/m1/s1. The SMILES string of the molecule is Cc1cc(C2=NCc3ccc(-c4ccn([C@H](CO)c5ccc(F)c(Br)c5)c(=O)c4)cc32)ccn1. The molecule has 2 aromatic heterocycles. The summed E-state index contributed by atoms with van der Waals surface area (Å²) in [6, 6.07) is 17.4. The van der Waals surface area contributed by atoms with E-state index in [-0.39, 0.29) is 16.6 Å². The van der Waals surface area contributed by atoms with Gasteiger partial charge in [0, 0.05) is 35.3 Å². The second kappa shape index (κ2) is 9.08. The summed E-state index contributed by atoms with van der Waals surface area (Å²) < 4.78 is 15.4. The lowest BCUT2D eigenvalue weighted by Gasteiger charge is -2.19. The lowest BCUT2D eigenvalue weighted by atomic mass is 9.95. The van der Waals surface area contributed by atoms with Gasteiger partial charge in [-0.25, -0.2) is 4.39 Å². The largest absolute Gasteiger partial charge is 0.394 e. The number of rotatable bonds is 5. The molecule has 3 heterocycles. The average molecular weight is 518 g/mol. The molecular weight excluding hydrogens is 497 g/mol. The van der Waals surface area contributed by atoms with Gasteiger partial charge in [0.05, 0.1) is 29.4 Å². The predicted molar refractivity (Wildman–Crippen MR) is 134 cm³/mol. The first kappa shape index (κ1) is 22.4. The Bertz CT molecular complexity index is 1500. The summed E-state index contributed by atoms with van der Waals surface area (Å²) in [4.78, 5) is 22.0. The monoisotopic (exact) mass is 517 g/mol. The van der Waals surface area contributed by atoms with Crippen molar-refractivity contribution in [3.05, 3.63) is 122 Å². The summed E-state index contributed by atoms with van der Waals surface area (Å²) >= 11 is 3.17. The number of nitrogens with zero attached hydrogens (tertiary/aromatic N) is 3. The van der Waals surface area contributed by atoms with Crippen LogP contribution in [-0.2, 0) is 6.54 Å². The van der Waals surface area contributed by atoms with Crippen LogP contribution in [0.15, 0.2) is 87.3 Å². The molecule has 4 aromatic rings. The Morgan fingerprint density at radius 2 is 1.88 bits per heavy atom. The zero-order chi connectivity index (χ0) is 23.8. The van der Waals surface area contributed by atoms with Gasteiger partial charge in [-0.2, -0.15) is 0 Å². The number of aryl methyl sites for hydroxylation is 1. The molecule has 0 fully saturated rings. The molecule has 0 saturated carbocycles. The van der Waals surface area contributed by atoms with Crippen molar-refractivity contribution in [2.75, 3.05) is 6.61 Å². The molecule has 0 spiro atoms.